The van der Waals surface area contributed by atoms with Gasteiger partial charge in [-0.3, -0.25) is 4.79 Å². The zero-order valence-corrected chi connectivity index (χ0v) is 19.5. The molecule has 30 heavy (non-hydrogen) atoms. The van der Waals surface area contributed by atoms with E-state index in [0.717, 1.165) is 48.8 Å². The summed E-state index contributed by atoms with van der Waals surface area (Å²) in [5, 5.41) is 1.68. The molecule has 3 rings (SSSR count). The number of para-hydroxylation sites is 1. The second-order valence-electron chi connectivity index (χ2n) is 7.78. The van der Waals surface area contributed by atoms with Gasteiger partial charge in [0.1, 0.15) is 5.75 Å². The molecule has 1 fully saturated rings. The molecule has 164 valence electrons. The fourth-order valence-corrected chi connectivity index (χ4v) is 5.27. The van der Waals surface area contributed by atoms with Crippen molar-refractivity contribution < 1.29 is 18.7 Å². The van der Waals surface area contributed by atoms with Crippen LogP contribution in [0.4, 0.5) is 0 Å². The summed E-state index contributed by atoms with van der Waals surface area (Å²) in [6, 6.07) is 8.09. The Morgan fingerprint density at radius 3 is 2.63 bits per heavy atom. The van der Waals surface area contributed by atoms with Gasteiger partial charge in [0.25, 0.3) is 0 Å². The zero-order chi connectivity index (χ0) is 21.2. The van der Waals surface area contributed by atoms with Crippen LogP contribution in [0.3, 0.4) is 0 Å². The highest BCUT2D eigenvalue weighted by molar-refractivity contribution is 8.00. The summed E-state index contributed by atoms with van der Waals surface area (Å²) in [4.78, 5) is 12.3. The van der Waals surface area contributed by atoms with Crippen molar-refractivity contribution in [3.05, 3.63) is 29.0 Å². The second-order valence-corrected chi connectivity index (χ2v) is 9.52. The number of unbranched alkanes of at least 4 members (excludes halogenated alkanes) is 4. The Hall–Kier alpha value is -1.53. The molecule has 0 radical (unpaired) electrons. The number of thioether (sulfide) groups is 1. The number of esters is 1. The van der Waals surface area contributed by atoms with E-state index in [2.05, 4.69) is 18.2 Å². The number of carbonyl (C=O) groups excluding carboxylic acids is 1. The Balaban J connectivity index is 1.47. The summed E-state index contributed by atoms with van der Waals surface area (Å²) in [7, 11) is 0. The van der Waals surface area contributed by atoms with Crippen molar-refractivity contribution in [3.8, 4) is 5.75 Å². The topological polar surface area (TPSA) is 48.7 Å². The molecule has 4 nitrogen and oxygen atoms in total. The molecular formula is C24H32O4S2. The van der Waals surface area contributed by atoms with Crippen molar-refractivity contribution in [2.45, 2.75) is 81.3 Å². The summed E-state index contributed by atoms with van der Waals surface area (Å²) in [6.07, 6.45) is 10.9. The van der Waals surface area contributed by atoms with Crippen molar-refractivity contribution in [1.29, 1.82) is 0 Å². The third kappa shape index (κ3) is 7.02. The van der Waals surface area contributed by atoms with Crippen LogP contribution in [0, 0.1) is 4.71 Å². The SMILES string of the molecule is CCC(=O)OCCCCCCCOc1cc(=S)oc2c(SC3CCCC3)cccc12. The number of ether oxygens (including phenoxy) is 2. The molecule has 1 aliphatic rings. The average molecular weight is 449 g/mol. The Kier molecular flexibility index (Phi) is 9.53. The van der Waals surface area contributed by atoms with Gasteiger partial charge < -0.3 is 13.9 Å². The molecule has 1 saturated carbocycles. The second kappa shape index (κ2) is 12.4. The largest absolute Gasteiger partial charge is 0.493 e. The van der Waals surface area contributed by atoms with E-state index in [1.54, 1.807) is 0 Å². The van der Waals surface area contributed by atoms with E-state index in [4.69, 9.17) is 26.1 Å². The maximum atomic E-state index is 11.1. The molecule has 0 unspecified atom stereocenters. The maximum Gasteiger partial charge on any atom is 0.305 e. The van der Waals surface area contributed by atoms with Crippen molar-refractivity contribution >= 4 is 40.9 Å². The molecule has 0 aliphatic heterocycles. The summed E-state index contributed by atoms with van der Waals surface area (Å²) in [6.45, 7) is 3.01. The Bertz CT molecular complexity index is 871. The lowest BCUT2D eigenvalue weighted by Crippen LogP contribution is -2.03. The van der Waals surface area contributed by atoms with Gasteiger partial charge in [0.05, 0.1) is 23.5 Å². The van der Waals surface area contributed by atoms with Gasteiger partial charge >= 0.3 is 5.97 Å². The molecule has 1 heterocycles. The van der Waals surface area contributed by atoms with Gasteiger partial charge in [0.2, 0.25) is 0 Å². The summed E-state index contributed by atoms with van der Waals surface area (Å²) < 4.78 is 17.6. The van der Waals surface area contributed by atoms with Gasteiger partial charge in [-0.1, -0.05) is 45.1 Å². The predicted molar refractivity (Wildman–Crippen MR) is 125 cm³/mol. The minimum Gasteiger partial charge on any atom is -0.493 e. The lowest BCUT2D eigenvalue weighted by Gasteiger charge is -2.13. The fourth-order valence-electron chi connectivity index (χ4n) is 3.73. The molecule has 0 saturated heterocycles. The van der Waals surface area contributed by atoms with E-state index in [1.165, 1.54) is 30.6 Å². The number of carbonyl (C=O) groups is 1. The fraction of sp³-hybridized carbons (Fsp3) is 0.583. The number of rotatable bonds is 12. The normalized spacial score (nSPS) is 14.3. The van der Waals surface area contributed by atoms with E-state index in [0.29, 0.717) is 29.6 Å². The lowest BCUT2D eigenvalue weighted by molar-refractivity contribution is -0.143. The Morgan fingerprint density at radius 2 is 1.87 bits per heavy atom. The maximum absolute atomic E-state index is 11.1. The first-order chi connectivity index (χ1) is 14.7. The highest BCUT2D eigenvalue weighted by Crippen LogP contribution is 2.40. The van der Waals surface area contributed by atoms with Crippen LogP contribution in [0.2, 0.25) is 0 Å². The van der Waals surface area contributed by atoms with Crippen LogP contribution >= 0.6 is 24.0 Å². The molecule has 0 amide bonds. The monoisotopic (exact) mass is 448 g/mol. The molecule has 0 N–H and O–H groups in total. The minimum absolute atomic E-state index is 0.115. The van der Waals surface area contributed by atoms with E-state index < -0.39 is 0 Å². The highest BCUT2D eigenvalue weighted by Gasteiger charge is 2.19. The molecule has 0 spiro atoms. The quantitative estimate of drug-likeness (QED) is 0.190. The van der Waals surface area contributed by atoms with Gasteiger partial charge in [-0.2, -0.15) is 0 Å². The van der Waals surface area contributed by atoms with Crippen LogP contribution in [0.5, 0.6) is 5.75 Å². The zero-order valence-electron chi connectivity index (χ0n) is 17.8. The van der Waals surface area contributed by atoms with Crippen LogP contribution in [-0.4, -0.2) is 24.4 Å². The first kappa shape index (κ1) is 23.1. The molecule has 1 aliphatic carbocycles. The molecule has 1 aromatic carbocycles. The average Bonchev–Trinajstić information content (AvgIpc) is 3.25. The van der Waals surface area contributed by atoms with Gasteiger partial charge in [-0.05, 0) is 50.0 Å². The Morgan fingerprint density at radius 1 is 1.13 bits per heavy atom. The van der Waals surface area contributed by atoms with Crippen molar-refractivity contribution in [2.24, 2.45) is 0 Å². The lowest BCUT2D eigenvalue weighted by atomic mass is 10.1. The Labute approximate surface area is 188 Å². The van der Waals surface area contributed by atoms with Crippen LogP contribution in [0.1, 0.15) is 71.1 Å². The van der Waals surface area contributed by atoms with E-state index in [-0.39, 0.29) is 5.97 Å². The van der Waals surface area contributed by atoms with Crippen molar-refractivity contribution in [3.63, 3.8) is 0 Å². The van der Waals surface area contributed by atoms with Crippen molar-refractivity contribution in [1.82, 2.24) is 0 Å². The molecule has 1 aromatic heterocycles. The number of benzene rings is 1. The molecular weight excluding hydrogens is 416 g/mol. The van der Waals surface area contributed by atoms with E-state index >= 15 is 0 Å². The standard InChI is InChI=1S/C24H32O4S2/c1-2-22(25)27-16-9-5-3-4-8-15-26-20-17-23(29)28-24-19(20)13-10-14-21(24)30-18-11-6-7-12-18/h10,13-14,17-18H,2-9,11-12,15-16H2,1H3. The van der Waals surface area contributed by atoms with Gasteiger partial charge in [-0.25, -0.2) is 0 Å². The summed E-state index contributed by atoms with van der Waals surface area (Å²) >= 11 is 7.28. The summed E-state index contributed by atoms with van der Waals surface area (Å²) in [5.74, 6) is 0.706. The summed E-state index contributed by atoms with van der Waals surface area (Å²) in [5.41, 5.74) is 0.860. The third-order valence-corrected chi connectivity index (χ3v) is 6.97. The van der Waals surface area contributed by atoms with Gasteiger partial charge in [0.15, 0.2) is 10.3 Å². The first-order valence-corrected chi connectivity index (χ1v) is 12.5. The van der Waals surface area contributed by atoms with Crippen molar-refractivity contribution in [2.75, 3.05) is 13.2 Å². The molecule has 6 heteroatoms. The first-order valence-electron chi connectivity index (χ1n) is 11.2. The minimum atomic E-state index is -0.115. The van der Waals surface area contributed by atoms with E-state index in [1.807, 2.05) is 24.8 Å². The number of hydrogen-bond donors (Lipinski definition) is 0. The van der Waals surface area contributed by atoms with Crippen LogP contribution in [0.15, 0.2) is 33.6 Å². The molecule has 0 atom stereocenters. The van der Waals surface area contributed by atoms with Gasteiger partial charge in [0, 0.05) is 17.7 Å². The molecule has 0 bridgehead atoms. The predicted octanol–water partition coefficient (Wildman–Crippen LogP) is 7.48. The van der Waals surface area contributed by atoms with Crippen LogP contribution in [-0.2, 0) is 9.53 Å². The van der Waals surface area contributed by atoms with E-state index in [9.17, 15) is 4.79 Å². The number of fused-ring (bicyclic) bond motifs is 1. The highest BCUT2D eigenvalue weighted by atomic mass is 32.2. The smallest absolute Gasteiger partial charge is 0.305 e. The molecule has 2 aromatic rings. The third-order valence-electron chi connectivity index (χ3n) is 5.39. The van der Waals surface area contributed by atoms with Gasteiger partial charge in [-0.15, -0.1) is 11.8 Å². The van der Waals surface area contributed by atoms with Crippen LogP contribution < -0.4 is 4.74 Å². The number of hydrogen-bond acceptors (Lipinski definition) is 6. The van der Waals surface area contributed by atoms with Crippen LogP contribution in [0.25, 0.3) is 11.0 Å².